The lowest BCUT2D eigenvalue weighted by atomic mass is 9.66. The van der Waals surface area contributed by atoms with Gasteiger partial charge in [0.25, 0.3) is 0 Å². The van der Waals surface area contributed by atoms with E-state index in [4.69, 9.17) is 11.6 Å². The van der Waals surface area contributed by atoms with Gasteiger partial charge in [-0.15, -0.1) is 0 Å². The lowest BCUT2D eigenvalue weighted by molar-refractivity contribution is 0.153. The van der Waals surface area contributed by atoms with Crippen molar-refractivity contribution in [2.24, 2.45) is 11.3 Å². The second-order valence-corrected chi connectivity index (χ2v) is 7.94. The average Bonchev–Trinajstić information content (AvgIpc) is 2.77. The van der Waals surface area contributed by atoms with E-state index < -0.39 is 0 Å². The van der Waals surface area contributed by atoms with E-state index in [1.165, 1.54) is 25.0 Å². The van der Waals surface area contributed by atoms with Crippen molar-refractivity contribution in [3.8, 4) is 0 Å². The summed E-state index contributed by atoms with van der Waals surface area (Å²) in [5, 5.41) is 8.91. The number of hydrogen-bond donors (Lipinski definition) is 1. The van der Waals surface area contributed by atoms with Gasteiger partial charge in [0.1, 0.15) is 0 Å². The van der Waals surface area contributed by atoms with Crippen LogP contribution in [0.4, 0.5) is 0 Å². The Morgan fingerprint density at radius 2 is 2.19 bits per heavy atom. The van der Waals surface area contributed by atoms with Crippen LogP contribution < -0.4 is 5.32 Å². The van der Waals surface area contributed by atoms with Gasteiger partial charge in [-0.2, -0.15) is 5.10 Å². The molecule has 0 bridgehead atoms. The fraction of sp³-hybridized carbons (Fsp3) is 0.824. The molecule has 1 aliphatic carbocycles. The van der Waals surface area contributed by atoms with E-state index in [9.17, 15) is 0 Å². The van der Waals surface area contributed by atoms with E-state index in [0.29, 0.717) is 23.3 Å². The Balaban J connectivity index is 2.26. The summed E-state index contributed by atoms with van der Waals surface area (Å²) >= 11 is 6.47. The summed E-state index contributed by atoms with van der Waals surface area (Å²) in [6.07, 6.45) is 5.58. The molecule has 0 spiro atoms. The molecule has 3 nitrogen and oxygen atoms in total. The molecule has 2 atom stereocenters. The Bertz CT molecular complexity index is 463. The van der Waals surface area contributed by atoms with Crippen LogP contribution in [-0.4, -0.2) is 22.4 Å². The van der Waals surface area contributed by atoms with Crippen LogP contribution in [0.15, 0.2) is 6.20 Å². The topological polar surface area (TPSA) is 29.9 Å². The van der Waals surface area contributed by atoms with Crippen molar-refractivity contribution in [3.63, 3.8) is 0 Å². The smallest absolute Gasteiger partial charge is 0.0820 e. The number of nitrogens with zero attached hydrogens (tertiary/aromatic N) is 2. The third-order valence-electron chi connectivity index (χ3n) is 4.81. The van der Waals surface area contributed by atoms with Crippen molar-refractivity contribution in [3.05, 3.63) is 16.9 Å². The van der Waals surface area contributed by atoms with Crippen LogP contribution in [0.1, 0.15) is 65.5 Å². The van der Waals surface area contributed by atoms with Gasteiger partial charge in [-0.25, -0.2) is 0 Å². The summed E-state index contributed by atoms with van der Waals surface area (Å²) in [5.41, 5.74) is 1.65. The SMILES string of the molecule is CCn1ncc(Cl)c1C1CC(C)(C)CCC1CNC(C)C. The minimum Gasteiger partial charge on any atom is -0.314 e. The highest BCUT2D eigenvalue weighted by Crippen LogP contribution is 2.47. The minimum absolute atomic E-state index is 0.394. The number of aryl methyl sites for hydroxylation is 1. The van der Waals surface area contributed by atoms with Crippen molar-refractivity contribution >= 4 is 11.6 Å². The summed E-state index contributed by atoms with van der Waals surface area (Å²) in [4.78, 5) is 0. The predicted octanol–water partition coefficient (Wildman–Crippen LogP) is 4.46. The first-order valence-corrected chi connectivity index (χ1v) is 8.66. The van der Waals surface area contributed by atoms with E-state index in [1.807, 2.05) is 6.20 Å². The summed E-state index contributed by atoms with van der Waals surface area (Å²) in [6, 6.07) is 0.534. The Hall–Kier alpha value is -0.540. The van der Waals surface area contributed by atoms with Gasteiger partial charge < -0.3 is 5.32 Å². The molecule has 0 saturated heterocycles. The van der Waals surface area contributed by atoms with E-state index in [0.717, 1.165) is 18.1 Å². The largest absolute Gasteiger partial charge is 0.314 e. The summed E-state index contributed by atoms with van der Waals surface area (Å²) < 4.78 is 2.09. The highest BCUT2D eigenvalue weighted by atomic mass is 35.5. The Labute approximate surface area is 134 Å². The van der Waals surface area contributed by atoms with E-state index in [1.54, 1.807) is 0 Å². The van der Waals surface area contributed by atoms with Crippen molar-refractivity contribution in [1.82, 2.24) is 15.1 Å². The van der Waals surface area contributed by atoms with Crippen LogP contribution in [0.25, 0.3) is 0 Å². The molecule has 0 aromatic carbocycles. The van der Waals surface area contributed by atoms with E-state index in [-0.39, 0.29) is 0 Å². The second kappa shape index (κ2) is 6.70. The van der Waals surface area contributed by atoms with Gasteiger partial charge in [-0.3, -0.25) is 4.68 Å². The molecule has 2 rings (SSSR count). The molecule has 1 saturated carbocycles. The maximum atomic E-state index is 6.47. The van der Waals surface area contributed by atoms with Crippen LogP contribution in [0, 0.1) is 11.3 Å². The number of aromatic nitrogens is 2. The highest BCUT2D eigenvalue weighted by Gasteiger charge is 2.38. The molecule has 1 fully saturated rings. The number of rotatable bonds is 5. The van der Waals surface area contributed by atoms with Gasteiger partial charge in [-0.1, -0.05) is 39.3 Å². The first-order valence-electron chi connectivity index (χ1n) is 8.28. The summed E-state index contributed by atoms with van der Waals surface area (Å²) in [7, 11) is 0. The molecule has 0 aliphatic heterocycles. The zero-order chi connectivity index (χ0) is 15.6. The number of nitrogens with one attached hydrogen (secondary N) is 1. The van der Waals surface area contributed by atoms with Crippen molar-refractivity contribution in [1.29, 1.82) is 0 Å². The van der Waals surface area contributed by atoms with Crippen LogP contribution >= 0.6 is 11.6 Å². The zero-order valence-electron chi connectivity index (χ0n) is 14.1. The fourth-order valence-corrected chi connectivity index (χ4v) is 3.87. The third-order valence-corrected chi connectivity index (χ3v) is 5.10. The Kier molecular flexibility index (Phi) is 5.37. The molecular weight excluding hydrogens is 282 g/mol. The molecule has 0 amide bonds. The second-order valence-electron chi connectivity index (χ2n) is 7.53. The van der Waals surface area contributed by atoms with Gasteiger partial charge in [-0.05, 0) is 44.1 Å². The maximum absolute atomic E-state index is 6.47. The van der Waals surface area contributed by atoms with Crippen LogP contribution in [0.3, 0.4) is 0 Å². The Morgan fingerprint density at radius 3 is 2.81 bits per heavy atom. The standard InChI is InChI=1S/C17H30ClN3/c1-6-21-16(15(18)11-20-21)14-9-17(4,5)8-7-13(14)10-19-12(2)3/h11-14,19H,6-10H2,1-5H3. The molecular formula is C17H30ClN3. The molecule has 4 heteroatoms. The molecule has 120 valence electrons. The van der Waals surface area contributed by atoms with Crippen LogP contribution in [-0.2, 0) is 6.54 Å². The molecule has 1 heterocycles. The van der Waals surface area contributed by atoms with E-state index in [2.05, 4.69) is 49.7 Å². The fourth-order valence-electron chi connectivity index (χ4n) is 3.59. The molecule has 21 heavy (non-hydrogen) atoms. The molecule has 1 aromatic rings. The number of halogens is 1. The lowest BCUT2D eigenvalue weighted by Gasteiger charge is -2.41. The molecule has 2 unspecified atom stereocenters. The predicted molar refractivity (Wildman–Crippen MR) is 89.9 cm³/mol. The van der Waals surface area contributed by atoms with Crippen molar-refractivity contribution in [2.45, 2.75) is 72.4 Å². The van der Waals surface area contributed by atoms with Gasteiger partial charge in [0.15, 0.2) is 0 Å². The molecule has 1 N–H and O–H groups in total. The number of hydrogen-bond acceptors (Lipinski definition) is 2. The summed E-state index contributed by atoms with van der Waals surface area (Å²) in [5.74, 6) is 1.16. The average molecular weight is 312 g/mol. The Morgan fingerprint density at radius 1 is 1.48 bits per heavy atom. The molecule has 1 aromatic heterocycles. The lowest BCUT2D eigenvalue weighted by Crippen LogP contribution is -2.37. The van der Waals surface area contributed by atoms with Crippen molar-refractivity contribution < 1.29 is 0 Å². The first-order chi connectivity index (χ1) is 9.84. The molecule has 1 aliphatic rings. The first kappa shape index (κ1) is 16.8. The van der Waals surface area contributed by atoms with Gasteiger partial charge in [0.2, 0.25) is 0 Å². The quantitative estimate of drug-likeness (QED) is 0.869. The molecule has 0 radical (unpaired) electrons. The minimum atomic E-state index is 0.394. The van der Waals surface area contributed by atoms with Crippen molar-refractivity contribution in [2.75, 3.05) is 6.54 Å². The monoisotopic (exact) mass is 311 g/mol. The van der Waals surface area contributed by atoms with E-state index >= 15 is 0 Å². The van der Waals surface area contributed by atoms with Crippen LogP contribution in [0.5, 0.6) is 0 Å². The van der Waals surface area contributed by atoms with Crippen LogP contribution in [0.2, 0.25) is 5.02 Å². The van der Waals surface area contributed by atoms with Gasteiger partial charge in [0.05, 0.1) is 16.9 Å². The van der Waals surface area contributed by atoms with Gasteiger partial charge >= 0.3 is 0 Å². The third kappa shape index (κ3) is 4.01. The normalized spacial score (nSPS) is 25.5. The summed E-state index contributed by atoms with van der Waals surface area (Å²) in [6.45, 7) is 13.3. The zero-order valence-corrected chi connectivity index (χ0v) is 14.9. The highest BCUT2D eigenvalue weighted by molar-refractivity contribution is 6.31. The van der Waals surface area contributed by atoms with Gasteiger partial charge in [0, 0.05) is 18.5 Å². The maximum Gasteiger partial charge on any atom is 0.0820 e.